The number of carboxylic acid groups (broad SMARTS) is 1. The van der Waals surface area contributed by atoms with E-state index in [1.54, 1.807) is 39.5 Å². The Morgan fingerprint density at radius 1 is 0.842 bits per heavy atom. The molecule has 7 N–H and O–H groups in total. The molecule has 1 aromatic carbocycles. The largest absolute Gasteiger partial charge is 0.480 e. The van der Waals surface area contributed by atoms with E-state index in [0.717, 1.165) is 87.6 Å². The molecule has 57 heavy (non-hydrogen) atoms. The lowest BCUT2D eigenvalue weighted by Crippen LogP contribution is -2.60. The van der Waals surface area contributed by atoms with E-state index < -0.39 is 28.7 Å². The van der Waals surface area contributed by atoms with E-state index in [1.165, 1.54) is 6.33 Å². The van der Waals surface area contributed by atoms with E-state index in [9.17, 15) is 14.7 Å². The predicted octanol–water partition coefficient (Wildman–Crippen LogP) is 5.26. The van der Waals surface area contributed by atoms with Gasteiger partial charge >= 0.3 is 12.1 Å². The van der Waals surface area contributed by atoms with Crippen LogP contribution >= 0.6 is 0 Å². The Balaban J connectivity index is 0.000000163. The molecule has 0 unspecified atom stereocenters. The van der Waals surface area contributed by atoms with Crippen LogP contribution in [-0.4, -0.2) is 99.3 Å². The van der Waals surface area contributed by atoms with Crippen molar-refractivity contribution < 1.29 is 19.4 Å². The maximum atomic E-state index is 12.1. The van der Waals surface area contributed by atoms with Crippen LogP contribution in [0.2, 0.25) is 0 Å². The molecule has 0 radical (unpaired) electrons. The number of imidazole rings is 1. The third-order valence-electron chi connectivity index (χ3n) is 10.6. The summed E-state index contributed by atoms with van der Waals surface area (Å²) in [5.41, 5.74) is 9.98. The molecule has 17 heteroatoms. The van der Waals surface area contributed by atoms with Crippen molar-refractivity contribution in [2.24, 2.45) is 5.73 Å². The molecule has 0 bridgehead atoms. The van der Waals surface area contributed by atoms with Gasteiger partial charge < -0.3 is 45.6 Å². The minimum atomic E-state index is -1.34. The number of piperidine rings is 2. The van der Waals surface area contributed by atoms with Gasteiger partial charge in [-0.3, -0.25) is 4.98 Å². The van der Waals surface area contributed by atoms with Crippen LogP contribution in [0.3, 0.4) is 0 Å². The number of nitrogens with one attached hydrogen (secondary N) is 4. The number of H-pyrrole nitrogens is 3. The number of amides is 1. The second kappa shape index (κ2) is 14.8. The van der Waals surface area contributed by atoms with Gasteiger partial charge in [0.2, 0.25) is 0 Å². The number of pyridine rings is 1. The summed E-state index contributed by atoms with van der Waals surface area (Å²) in [6.07, 6.45) is 11.8. The number of benzene rings is 1. The van der Waals surface area contributed by atoms with Crippen molar-refractivity contribution in [2.75, 3.05) is 36.0 Å². The molecule has 0 aliphatic carbocycles. The number of hydrogen-bond acceptors (Lipinski definition) is 12. The number of nitrogens with two attached hydrogens (primary N) is 1. The van der Waals surface area contributed by atoms with Gasteiger partial charge in [0.05, 0.1) is 27.3 Å². The zero-order valence-corrected chi connectivity index (χ0v) is 32.0. The molecular weight excluding hydrogens is 727 g/mol. The molecule has 2 aliphatic heterocycles. The van der Waals surface area contributed by atoms with Crippen LogP contribution in [0.4, 0.5) is 16.4 Å². The Morgan fingerprint density at radius 2 is 1.46 bits per heavy atom. The Hall–Kier alpha value is -6.62. The second-order valence-corrected chi connectivity index (χ2v) is 15.5. The molecule has 7 aromatic rings. The number of hydrogen-bond donors (Lipinski definition) is 6. The van der Waals surface area contributed by atoms with Gasteiger partial charge in [-0.1, -0.05) is 18.2 Å². The third-order valence-corrected chi connectivity index (χ3v) is 10.6. The normalized spacial score (nSPS) is 16.6. The quantitative estimate of drug-likeness (QED) is 0.127. The van der Waals surface area contributed by atoms with Crippen LogP contribution in [0.15, 0.2) is 79.9 Å². The zero-order valence-electron chi connectivity index (χ0n) is 32.0. The molecular formula is C40H45N13O4. The highest BCUT2D eigenvalue weighted by Gasteiger charge is 2.44. The standard InChI is InChI=1S/C23H22N8.C17H23N5O4/c24-23(7-11-31(12-8-23)21-17-6-10-26-20(17)27-14-28-21)22-29-18-5-1-4-16(19(18)30-22)15-3-2-9-25-13-15;1-16(2,3)26-15(25)21-17(14(23)24)5-8-22(9-6-17)13-11-4-7-18-12(11)19-10-20-13/h1-6,9-10,13-14H,7-8,11-12,24H2,(H,29,30)(H,26,27,28);4,7,10H,5-6,8-9H2,1-3H3,(H,21,25)(H,23,24)(H,18,19,20). The molecule has 8 heterocycles. The number of aliphatic carboxylic acids is 1. The summed E-state index contributed by atoms with van der Waals surface area (Å²) in [5.74, 6) is 1.50. The highest BCUT2D eigenvalue weighted by molar-refractivity contribution is 5.92. The van der Waals surface area contributed by atoms with Crippen LogP contribution in [0, 0.1) is 0 Å². The monoisotopic (exact) mass is 771 g/mol. The average Bonchev–Trinajstić information content (AvgIpc) is 3.99. The number of anilines is 2. The molecule has 17 nitrogen and oxygen atoms in total. The third kappa shape index (κ3) is 7.52. The first kappa shape index (κ1) is 37.3. The molecule has 294 valence electrons. The van der Waals surface area contributed by atoms with E-state index >= 15 is 0 Å². The van der Waals surface area contributed by atoms with Gasteiger partial charge in [0, 0.05) is 62.1 Å². The molecule has 2 saturated heterocycles. The molecule has 0 saturated carbocycles. The second-order valence-electron chi connectivity index (χ2n) is 15.5. The van der Waals surface area contributed by atoms with Crippen LogP contribution < -0.4 is 20.9 Å². The minimum Gasteiger partial charge on any atom is -0.480 e. The molecule has 6 aromatic heterocycles. The number of nitrogens with zero attached hydrogens (tertiary/aromatic N) is 8. The van der Waals surface area contributed by atoms with Crippen molar-refractivity contribution in [3.8, 4) is 11.1 Å². The maximum Gasteiger partial charge on any atom is 0.408 e. The first-order chi connectivity index (χ1) is 27.4. The highest BCUT2D eigenvalue weighted by Crippen LogP contribution is 2.35. The minimum absolute atomic E-state index is 0.248. The van der Waals surface area contributed by atoms with Gasteiger partial charge in [-0.15, -0.1) is 0 Å². The summed E-state index contributed by atoms with van der Waals surface area (Å²) in [7, 11) is 0. The van der Waals surface area contributed by atoms with Crippen molar-refractivity contribution in [3.05, 3.63) is 85.7 Å². The number of carbonyl (C=O) groups excluding carboxylic acids is 1. The fourth-order valence-electron chi connectivity index (χ4n) is 7.59. The summed E-state index contributed by atoms with van der Waals surface area (Å²) < 4.78 is 5.22. The van der Waals surface area contributed by atoms with Crippen molar-refractivity contribution in [3.63, 3.8) is 0 Å². The fraction of sp³-hybridized carbons (Fsp3) is 0.350. The van der Waals surface area contributed by atoms with Gasteiger partial charge in [-0.05, 0) is 70.7 Å². The number of aromatic nitrogens is 9. The topological polar surface area (TPSA) is 233 Å². The molecule has 2 fully saturated rings. The van der Waals surface area contributed by atoms with Gasteiger partial charge in [-0.25, -0.2) is 34.5 Å². The number of aromatic amines is 3. The lowest BCUT2D eigenvalue weighted by Gasteiger charge is -2.40. The van der Waals surface area contributed by atoms with E-state index in [0.29, 0.717) is 13.1 Å². The van der Waals surface area contributed by atoms with Gasteiger partial charge in [-0.2, -0.15) is 0 Å². The molecule has 9 rings (SSSR count). The molecule has 1 amide bonds. The predicted molar refractivity (Wildman–Crippen MR) is 216 cm³/mol. The summed E-state index contributed by atoms with van der Waals surface area (Å²) in [6.45, 7) is 7.71. The zero-order chi connectivity index (χ0) is 39.8. The summed E-state index contributed by atoms with van der Waals surface area (Å²) in [6, 6.07) is 14.1. The van der Waals surface area contributed by atoms with Crippen LogP contribution in [-0.2, 0) is 15.1 Å². The van der Waals surface area contributed by atoms with E-state index in [1.807, 2.05) is 47.6 Å². The number of para-hydroxylation sites is 1. The lowest BCUT2D eigenvalue weighted by molar-refractivity contribution is -0.145. The van der Waals surface area contributed by atoms with Crippen molar-refractivity contribution in [2.45, 2.75) is 63.1 Å². The van der Waals surface area contributed by atoms with Crippen LogP contribution in [0.5, 0.6) is 0 Å². The SMILES string of the molecule is CC(C)(C)OC(=O)NC1(C(=O)O)CCN(c2ncnc3[nH]ccc23)CC1.NC1(c2nc3c(-c4cccnc4)cccc3[nH]2)CCN(c2ncnc3[nH]ccc23)CC1. The Morgan fingerprint density at radius 3 is 2.02 bits per heavy atom. The van der Waals surface area contributed by atoms with Crippen LogP contribution in [0.25, 0.3) is 44.2 Å². The van der Waals surface area contributed by atoms with Gasteiger partial charge in [0.15, 0.2) is 0 Å². The number of fused-ring (bicyclic) bond motifs is 3. The van der Waals surface area contributed by atoms with Crippen LogP contribution in [0.1, 0.15) is 52.3 Å². The van der Waals surface area contributed by atoms with Gasteiger partial charge in [0.25, 0.3) is 0 Å². The summed E-state index contributed by atoms with van der Waals surface area (Å²) >= 11 is 0. The highest BCUT2D eigenvalue weighted by atomic mass is 16.6. The van der Waals surface area contributed by atoms with Crippen molar-refractivity contribution in [1.29, 1.82) is 0 Å². The fourth-order valence-corrected chi connectivity index (χ4v) is 7.59. The first-order valence-corrected chi connectivity index (χ1v) is 18.9. The average molecular weight is 772 g/mol. The Kier molecular flexibility index (Phi) is 9.69. The first-order valence-electron chi connectivity index (χ1n) is 18.9. The molecule has 0 spiro atoms. The summed E-state index contributed by atoms with van der Waals surface area (Å²) in [4.78, 5) is 64.5. The van der Waals surface area contributed by atoms with Gasteiger partial charge in [0.1, 0.15) is 52.5 Å². The number of ether oxygens (including phenoxy) is 1. The smallest absolute Gasteiger partial charge is 0.408 e. The number of carbonyl (C=O) groups is 2. The number of carboxylic acids is 1. The van der Waals surface area contributed by atoms with E-state index in [2.05, 4.69) is 62.2 Å². The summed E-state index contributed by atoms with van der Waals surface area (Å²) in [5, 5.41) is 14.2. The lowest BCUT2D eigenvalue weighted by atomic mass is 9.87. The van der Waals surface area contributed by atoms with Crippen molar-refractivity contribution >= 4 is 56.8 Å². The molecule has 2 aliphatic rings. The number of alkyl carbamates (subject to hydrolysis) is 1. The Bertz CT molecular complexity index is 2520. The Labute approximate surface area is 327 Å². The molecule has 0 atom stereocenters. The van der Waals surface area contributed by atoms with Crippen molar-refractivity contribution in [1.82, 2.24) is 50.2 Å². The van der Waals surface area contributed by atoms with E-state index in [4.69, 9.17) is 15.5 Å². The maximum absolute atomic E-state index is 12.1. The van der Waals surface area contributed by atoms with E-state index in [-0.39, 0.29) is 12.8 Å². The number of rotatable bonds is 6.